The highest BCUT2D eigenvalue weighted by atomic mass is 16.5. The molecule has 0 aromatic rings. The molecule has 2 aliphatic carbocycles. The number of fused-ring (bicyclic) bond motifs is 1. The highest BCUT2D eigenvalue weighted by molar-refractivity contribution is 5.80. The van der Waals surface area contributed by atoms with Crippen molar-refractivity contribution in [2.75, 3.05) is 33.3 Å². The first-order valence-electron chi connectivity index (χ1n) is 10.4. The standard InChI is InChI=1S/C20H36N4O/c1-20(2)17(16-5-4-12-25-18(16)20)23-19(21-3)22-15-8-10-24(11-9-15)13-14-6-7-14/h14-18H,4-13H2,1-3H3,(H2,21,22,23). The van der Waals surface area contributed by atoms with Crippen molar-refractivity contribution in [3.05, 3.63) is 0 Å². The molecule has 4 rings (SSSR count). The van der Waals surface area contributed by atoms with Gasteiger partial charge in [0.25, 0.3) is 0 Å². The number of aliphatic imine (C=N–C) groups is 1. The van der Waals surface area contributed by atoms with Crippen molar-refractivity contribution in [1.82, 2.24) is 15.5 Å². The van der Waals surface area contributed by atoms with E-state index in [9.17, 15) is 0 Å². The maximum absolute atomic E-state index is 6.03. The van der Waals surface area contributed by atoms with Crippen LogP contribution in [0.1, 0.15) is 52.4 Å². The van der Waals surface area contributed by atoms with Gasteiger partial charge in [-0.05, 0) is 44.4 Å². The van der Waals surface area contributed by atoms with Gasteiger partial charge < -0.3 is 20.3 Å². The number of guanidine groups is 1. The molecular weight excluding hydrogens is 312 g/mol. The van der Waals surface area contributed by atoms with Gasteiger partial charge in [-0.3, -0.25) is 4.99 Å². The topological polar surface area (TPSA) is 48.9 Å². The van der Waals surface area contributed by atoms with Crippen LogP contribution in [-0.2, 0) is 4.74 Å². The third-order valence-electron chi connectivity index (χ3n) is 6.99. The molecule has 0 bridgehead atoms. The van der Waals surface area contributed by atoms with Crippen molar-refractivity contribution >= 4 is 5.96 Å². The summed E-state index contributed by atoms with van der Waals surface area (Å²) in [4.78, 5) is 7.18. The minimum absolute atomic E-state index is 0.191. The summed E-state index contributed by atoms with van der Waals surface area (Å²) in [5, 5.41) is 7.44. The lowest BCUT2D eigenvalue weighted by Crippen LogP contribution is -2.71. The molecule has 4 fully saturated rings. The van der Waals surface area contributed by atoms with Gasteiger partial charge in [-0.15, -0.1) is 0 Å². The number of piperidine rings is 1. The van der Waals surface area contributed by atoms with E-state index in [0.29, 0.717) is 24.1 Å². The number of nitrogens with one attached hydrogen (secondary N) is 2. The highest BCUT2D eigenvalue weighted by Crippen LogP contribution is 2.51. The van der Waals surface area contributed by atoms with E-state index in [1.54, 1.807) is 0 Å². The van der Waals surface area contributed by atoms with Gasteiger partial charge in [-0.1, -0.05) is 13.8 Å². The Morgan fingerprint density at radius 2 is 1.88 bits per heavy atom. The molecular formula is C20H36N4O. The zero-order valence-corrected chi connectivity index (χ0v) is 16.3. The monoisotopic (exact) mass is 348 g/mol. The number of hydrogen-bond donors (Lipinski definition) is 2. The molecule has 3 unspecified atom stereocenters. The number of ether oxygens (including phenoxy) is 1. The Labute approximate surface area is 153 Å². The first-order chi connectivity index (χ1) is 12.1. The van der Waals surface area contributed by atoms with E-state index >= 15 is 0 Å². The summed E-state index contributed by atoms with van der Waals surface area (Å²) in [7, 11) is 1.90. The van der Waals surface area contributed by atoms with Crippen LogP contribution in [0.5, 0.6) is 0 Å². The molecule has 3 atom stereocenters. The minimum atomic E-state index is 0.191. The van der Waals surface area contributed by atoms with E-state index < -0.39 is 0 Å². The van der Waals surface area contributed by atoms with Gasteiger partial charge in [0.15, 0.2) is 5.96 Å². The van der Waals surface area contributed by atoms with Crippen LogP contribution in [0.3, 0.4) is 0 Å². The average molecular weight is 349 g/mol. The fourth-order valence-electron chi connectivity index (χ4n) is 5.25. The average Bonchev–Trinajstić information content (AvgIpc) is 3.44. The summed E-state index contributed by atoms with van der Waals surface area (Å²) in [6, 6.07) is 1.03. The fourth-order valence-corrected chi connectivity index (χ4v) is 5.25. The quantitative estimate of drug-likeness (QED) is 0.604. The lowest BCUT2D eigenvalue weighted by molar-refractivity contribution is -0.188. The smallest absolute Gasteiger partial charge is 0.191 e. The first-order valence-corrected chi connectivity index (χ1v) is 10.4. The van der Waals surface area contributed by atoms with Gasteiger partial charge in [-0.2, -0.15) is 0 Å². The Kier molecular flexibility index (Phi) is 4.98. The normalized spacial score (nSPS) is 36.4. The van der Waals surface area contributed by atoms with Gasteiger partial charge in [0.05, 0.1) is 6.10 Å². The van der Waals surface area contributed by atoms with Crippen molar-refractivity contribution in [3.8, 4) is 0 Å². The third kappa shape index (κ3) is 3.68. The molecule has 2 heterocycles. The summed E-state index contributed by atoms with van der Waals surface area (Å²) in [6.07, 6.45) is 8.27. The second kappa shape index (κ2) is 7.07. The van der Waals surface area contributed by atoms with Crippen LogP contribution >= 0.6 is 0 Å². The van der Waals surface area contributed by atoms with Crippen LogP contribution in [0.2, 0.25) is 0 Å². The number of nitrogens with zero attached hydrogens (tertiary/aromatic N) is 2. The molecule has 25 heavy (non-hydrogen) atoms. The molecule has 142 valence electrons. The highest BCUT2D eigenvalue weighted by Gasteiger charge is 2.58. The fraction of sp³-hybridized carbons (Fsp3) is 0.950. The Balaban J connectivity index is 1.27. The lowest BCUT2D eigenvalue weighted by Gasteiger charge is -2.60. The molecule has 2 saturated carbocycles. The van der Waals surface area contributed by atoms with Crippen LogP contribution in [0.15, 0.2) is 4.99 Å². The Hall–Kier alpha value is -0.810. The molecule has 2 saturated heterocycles. The van der Waals surface area contributed by atoms with Crippen LogP contribution in [0.4, 0.5) is 0 Å². The van der Waals surface area contributed by atoms with E-state index in [2.05, 4.69) is 34.4 Å². The molecule has 0 aromatic heterocycles. The van der Waals surface area contributed by atoms with Gasteiger partial charge in [0.2, 0.25) is 0 Å². The Morgan fingerprint density at radius 1 is 1.12 bits per heavy atom. The lowest BCUT2D eigenvalue weighted by atomic mass is 9.55. The summed E-state index contributed by atoms with van der Waals surface area (Å²) >= 11 is 0. The number of rotatable bonds is 4. The van der Waals surface area contributed by atoms with Crippen LogP contribution in [-0.4, -0.2) is 62.3 Å². The van der Waals surface area contributed by atoms with E-state index in [0.717, 1.165) is 18.5 Å². The maximum atomic E-state index is 6.03. The van der Waals surface area contributed by atoms with Gasteiger partial charge in [0.1, 0.15) is 0 Å². The van der Waals surface area contributed by atoms with E-state index in [4.69, 9.17) is 4.74 Å². The van der Waals surface area contributed by atoms with Crippen molar-refractivity contribution in [3.63, 3.8) is 0 Å². The zero-order chi connectivity index (χ0) is 17.4. The predicted octanol–water partition coefficient (Wildman–Crippen LogP) is 2.23. The second-order valence-electron chi connectivity index (χ2n) is 9.28. The van der Waals surface area contributed by atoms with Crippen LogP contribution < -0.4 is 10.6 Å². The summed E-state index contributed by atoms with van der Waals surface area (Å²) < 4.78 is 6.03. The zero-order valence-electron chi connectivity index (χ0n) is 16.3. The molecule has 2 aliphatic heterocycles. The molecule has 2 N–H and O–H groups in total. The van der Waals surface area contributed by atoms with E-state index in [1.807, 2.05) is 7.05 Å². The molecule has 0 amide bonds. The largest absolute Gasteiger partial charge is 0.377 e. The summed E-state index contributed by atoms with van der Waals surface area (Å²) in [5.41, 5.74) is 0.191. The summed E-state index contributed by atoms with van der Waals surface area (Å²) in [6.45, 7) is 9.40. The molecule has 0 radical (unpaired) electrons. The van der Waals surface area contributed by atoms with Crippen molar-refractivity contribution in [2.45, 2.75) is 70.6 Å². The summed E-state index contributed by atoms with van der Waals surface area (Å²) in [5.74, 6) is 2.64. The minimum Gasteiger partial charge on any atom is -0.377 e. The maximum Gasteiger partial charge on any atom is 0.191 e. The van der Waals surface area contributed by atoms with Crippen molar-refractivity contribution < 1.29 is 4.74 Å². The van der Waals surface area contributed by atoms with Gasteiger partial charge in [-0.25, -0.2) is 0 Å². The SMILES string of the molecule is CN=C(NC1CCN(CC2CC2)CC1)NC1C2CCCOC2C1(C)C. The van der Waals surface area contributed by atoms with Crippen LogP contribution in [0.25, 0.3) is 0 Å². The first kappa shape index (κ1) is 17.6. The third-order valence-corrected chi connectivity index (χ3v) is 6.99. The predicted molar refractivity (Wildman–Crippen MR) is 102 cm³/mol. The second-order valence-corrected chi connectivity index (χ2v) is 9.28. The number of likely N-dealkylation sites (tertiary alicyclic amines) is 1. The Bertz CT molecular complexity index is 494. The van der Waals surface area contributed by atoms with Gasteiger partial charge in [0, 0.05) is 56.7 Å². The molecule has 5 nitrogen and oxygen atoms in total. The van der Waals surface area contributed by atoms with Gasteiger partial charge >= 0.3 is 0 Å². The molecule has 5 heteroatoms. The number of hydrogen-bond acceptors (Lipinski definition) is 3. The molecule has 0 aromatic carbocycles. The molecule has 4 aliphatic rings. The van der Waals surface area contributed by atoms with Crippen molar-refractivity contribution in [2.24, 2.45) is 22.2 Å². The van der Waals surface area contributed by atoms with E-state index in [1.165, 1.54) is 58.2 Å². The van der Waals surface area contributed by atoms with Crippen molar-refractivity contribution in [1.29, 1.82) is 0 Å². The Morgan fingerprint density at radius 3 is 2.56 bits per heavy atom. The molecule has 0 spiro atoms. The van der Waals surface area contributed by atoms with Crippen LogP contribution in [0, 0.1) is 17.3 Å². The van der Waals surface area contributed by atoms with E-state index in [-0.39, 0.29) is 5.41 Å².